The Labute approximate surface area is 150 Å². The Morgan fingerprint density at radius 2 is 1.79 bits per heavy atom. The van der Waals surface area contributed by atoms with Gasteiger partial charge in [-0.3, -0.25) is 0 Å². The number of ether oxygens (including phenoxy) is 1. The van der Waals surface area contributed by atoms with Crippen LogP contribution in [0.4, 0.5) is 21.9 Å². The summed E-state index contributed by atoms with van der Waals surface area (Å²) in [6.07, 6.45) is 0. The van der Waals surface area contributed by atoms with Gasteiger partial charge in [-0.2, -0.15) is 0 Å². The number of carbonyl (C=O) groups is 1. The van der Waals surface area contributed by atoms with Crippen molar-refractivity contribution in [3.05, 3.63) is 52.5 Å². The Morgan fingerprint density at radius 3 is 2.54 bits per heavy atom. The smallest absolute Gasteiger partial charge is 0.323 e. The third-order valence-corrected chi connectivity index (χ3v) is 4.43. The Hall–Kier alpha value is -2.05. The van der Waals surface area contributed by atoms with Gasteiger partial charge in [0.1, 0.15) is 0 Å². The molecule has 0 atom stereocenters. The van der Waals surface area contributed by atoms with Crippen molar-refractivity contribution >= 4 is 39.0 Å². The first-order chi connectivity index (χ1) is 11.6. The fourth-order valence-corrected chi connectivity index (χ4v) is 3.18. The molecule has 1 saturated heterocycles. The molecule has 1 fully saturated rings. The van der Waals surface area contributed by atoms with E-state index in [4.69, 9.17) is 4.74 Å². The Kier molecular flexibility index (Phi) is 5.37. The molecule has 6 heteroatoms. The van der Waals surface area contributed by atoms with E-state index in [0.717, 1.165) is 40.2 Å². The van der Waals surface area contributed by atoms with Gasteiger partial charge in [-0.15, -0.1) is 0 Å². The molecule has 0 aromatic heterocycles. The highest BCUT2D eigenvalue weighted by Gasteiger charge is 2.15. The van der Waals surface area contributed by atoms with E-state index < -0.39 is 0 Å². The maximum atomic E-state index is 12.4. The van der Waals surface area contributed by atoms with E-state index in [0.29, 0.717) is 13.2 Å². The van der Waals surface area contributed by atoms with Gasteiger partial charge in [0.05, 0.1) is 24.6 Å². The lowest BCUT2D eigenvalue weighted by atomic mass is 10.2. The number of nitrogens with one attached hydrogen (secondary N) is 2. The first kappa shape index (κ1) is 16.8. The number of hydrogen-bond donors (Lipinski definition) is 2. The summed E-state index contributed by atoms with van der Waals surface area (Å²) in [4.78, 5) is 14.6. The monoisotopic (exact) mass is 389 g/mol. The van der Waals surface area contributed by atoms with Crippen molar-refractivity contribution in [3.8, 4) is 0 Å². The van der Waals surface area contributed by atoms with Crippen molar-refractivity contribution < 1.29 is 9.53 Å². The van der Waals surface area contributed by atoms with E-state index in [1.54, 1.807) is 0 Å². The number of urea groups is 1. The van der Waals surface area contributed by atoms with Crippen LogP contribution in [0.2, 0.25) is 0 Å². The molecule has 0 saturated carbocycles. The van der Waals surface area contributed by atoms with Crippen molar-refractivity contribution in [1.29, 1.82) is 0 Å². The van der Waals surface area contributed by atoms with Crippen molar-refractivity contribution in [2.24, 2.45) is 0 Å². The number of para-hydroxylation sites is 2. The standard InChI is InChI=1S/C18H20BrN3O2/c1-13-12-14(19)6-7-15(13)20-18(23)21-16-4-2-3-5-17(16)22-8-10-24-11-9-22/h2-7,12H,8-11H2,1H3,(H2,20,21,23). The van der Waals surface area contributed by atoms with Crippen LogP contribution >= 0.6 is 15.9 Å². The first-order valence-corrected chi connectivity index (χ1v) is 8.68. The maximum absolute atomic E-state index is 12.4. The largest absolute Gasteiger partial charge is 0.378 e. The summed E-state index contributed by atoms with van der Waals surface area (Å²) in [5, 5.41) is 5.86. The number of hydrogen-bond acceptors (Lipinski definition) is 3. The van der Waals surface area contributed by atoms with E-state index >= 15 is 0 Å². The number of aryl methyl sites for hydroxylation is 1. The maximum Gasteiger partial charge on any atom is 0.323 e. The van der Waals surface area contributed by atoms with Crippen LogP contribution < -0.4 is 15.5 Å². The third-order valence-electron chi connectivity index (χ3n) is 3.94. The van der Waals surface area contributed by atoms with Crippen LogP contribution in [-0.4, -0.2) is 32.3 Å². The lowest BCUT2D eigenvalue weighted by molar-refractivity contribution is 0.123. The molecule has 1 heterocycles. The van der Waals surface area contributed by atoms with Gasteiger partial charge in [-0.05, 0) is 42.8 Å². The molecule has 0 bridgehead atoms. The quantitative estimate of drug-likeness (QED) is 0.825. The number of nitrogens with zero attached hydrogens (tertiary/aromatic N) is 1. The van der Waals surface area contributed by atoms with E-state index in [1.165, 1.54) is 0 Å². The SMILES string of the molecule is Cc1cc(Br)ccc1NC(=O)Nc1ccccc1N1CCOCC1. The molecule has 0 unspecified atom stereocenters. The van der Waals surface area contributed by atoms with E-state index in [2.05, 4.69) is 31.5 Å². The fraction of sp³-hybridized carbons (Fsp3) is 0.278. The number of carbonyl (C=O) groups excluding carboxylic acids is 1. The summed E-state index contributed by atoms with van der Waals surface area (Å²) in [6, 6.07) is 13.3. The minimum Gasteiger partial charge on any atom is -0.378 e. The molecule has 126 valence electrons. The van der Waals surface area contributed by atoms with Crippen LogP contribution in [0, 0.1) is 6.92 Å². The highest BCUT2D eigenvalue weighted by molar-refractivity contribution is 9.10. The molecule has 2 amide bonds. The molecule has 2 aromatic rings. The fourth-order valence-electron chi connectivity index (χ4n) is 2.70. The lowest BCUT2D eigenvalue weighted by Gasteiger charge is -2.30. The lowest BCUT2D eigenvalue weighted by Crippen LogP contribution is -2.37. The second kappa shape index (κ2) is 7.68. The van der Waals surface area contributed by atoms with Crippen LogP contribution in [-0.2, 0) is 4.74 Å². The molecule has 1 aliphatic rings. The molecule has 3 rings (SSSR count). The molecule has 5 nitrogen and oxygen atoms in total. The number of amides is 2. The predicted molar refractivity (Wildman–Crippen MR) is 101 cm³/mol. The zero-order valence-electron chi connectivity index (χ0n) is 13.5. The second-order valence-electron chi connectivity index (χ2n) is 5.65. The minimum absolute atomic E-state index is 0.249. The van der Waals surface area contributed by atoms with Gasteiger partial charge in [-0.25, -0.2) is 4.79 Å². The zero-order valence-corrected chi connectivity index (χ0v) is 15.1. The molecule has 24 heavy (non-hydrogen) atoms. The summed E-state index contributed by atoms with van der Waals surface area (Å²) in [7, 11) is 0. The molecule has 2 aromatic carbocycles. The van der Waals surface area contributed by atoms with Crippen LogP contribution in [0.15, 0.2) is 46.9 Å². The zero-order chi connectivity index (χ0) is 16.9. The number of benzene rings is 2. The molecule has 0 spiro atoms. The normalized spacial score (nSPS) is 14.3. The van der Waals surface area contributed by atoms with Gasteiger partial charge in [0.15, 0.2) is 0 Å². The van der Waals surface area contributed by atoms with Gasteiger partial charge in [-0.1, -0.05) is 28.1 Å². The topological polar surface area (TPSA) is 53.6 Å². The Balaban J connectivity index is 1.72. The van der Waals surface area contributed by atoms with E-state index in [9.17, 15) is 4.79 Å². The van der Waals surface area contributed by atoms with Gasteiger partial charge in [0.2, 0.25) is 0 Å². The summed E-state index contributed by atoms with van der Waals surface area (Å²) in [6.45, 7) is 5.03. The molecular formula is C18H20BrN3O2. The molecular weight excluding hydrogens is 370 g/mol. The van der Waals surface area contributed by atoms with Crippen molar-refractivity contribution in [2.45, 2.75) is 6.92 Å². The highest BCUT2D eigenvalue weighted by Crippen LogP contribution is 2.27. The molecule has 1 aliphatic heterocycles. The first-order valence-electron chi connectivity index (χ1n) is 7.89. The van der Waals surface area contributed by atoms with Crippen molar-refractivity contribution in [2.75, 3.05) is 41.8 Å². The molecule has 0 aliphatic carbocycles. The summed E-state index contributed by atoms with van der Waals surface area (Å²) >= 11 is 3.43. The van der Waals surface area contributed by atoms with Crippen molar-refractivity contribution in [1.82, 2.24) is 0 Å². The second-order valence-corrected chi connectivity index (χ2v) is 6.57. The highest BCUT2D eigenvalue weighted by atomic mass is 79.9. The number of halogens is 1. The van der Waals surface area contributed by atoms with Gasteiger partial charge < -0.3 is 20.3 Å². The Bertz CT molecular complexity index is 730. The average Bonchev–Trinajstić information content (AvgIpc) is 2.59. The summed E-state index contributed by atoms with van der Waals surface area (Å²) < 4.78 is 6.39. The van der Waals surface area contributed by atoms with Crippen LogP contribution in [0.25, 0.3) is 0 Å². The minimum atomic E-state index is -0.249. The van der Waals surface area contributed by atoms with E-state index in [-0.39, 0.29) is 6.03 Å². The van der Waals surface area contributed by atoms with Gasteiger partial charge in [0.25, 0.3) is 0 Å². The summed E-state index contributed by atoms with van der Waals surface area (Å²) in [5.74, 6) is 0. The van der Waals surface area contributed by atoms with Gasteiger partial charge >= 0.3 is 6.03 Å². The van der Waals surface area contributed by atoms with Crippen LogP contribution in [0.5, 0.6) is 0 Å². The number of rotatable bonds is 3. The predicted octanol–water partition coefficient (Wildman–Crippen LogP) is 4.24. The number of anilines is 3. The van der Waals surface area contributed by atoms with Crippen LogP contribution in [0.3, 0.4) is 0 Å². The van der Waals surface area contributed by atoms with Gasteiger partial charge in [0, 0.05) is 23.2 Å². The van der Waals surface area contributed by atoms with Crippen molar-refractivity contribution in [3.63, 3.8) is 0 Å². The summed E-state index contributed by atoms with van der Waals surface area (Å²) in [5.41, 5.74) is 3.61. The number of morpholine rings is 1. The molecule has 0 radical (unpaired) electrons. The average molecular weight is 390 g/mol. The van der Waals surface area contributed by atoms with E-state index in [1.807, 2.05) is 49.4 Å². The van der Waals surface area contributed by atoms with Crippen LogP contribution in [0.1, 0.15) is 5.56 Å². The molecule has 2 N–H and O–H groups in total. The third kappa shape index (κ3) is 4.07. The Morgan fingerprint density at radius 1 is 1.08 bits per heavy atom.